The molecule has 0 amide bonds. The molecular formula is C26H24N3+. The van der Waals surface area contributed by atoms with Gasteiger partial charge in [-0.2, -0.15) is 0 Å². The Morgan fingerprint density at radius 2 is 1.86 bits per heavy atom. The predicted octanol–water partition coefficient (Wildman–Crippen LogP) is 5.72. The van der Waals surface area contributed by atoms with E-state index in [1.165, 1.54) is 60.1 Å². The van der Waals surface area contributed by atoms with Crippen molar-refractivity contribution in [2.45, 2.75) is 27.2 Å². The highest BCUT2D eigenvalue weighted by Gasteiger charge is 2.24. The van der Waals surface area contributed by atoms with E-state index in [1.807, 2.05) is 12.4 Å². The molecule has 2 aromatic carbocycles. The zero-order chi connectivity index (χ0) is 19.9. The van der Waals surface area contributed by atoms with Gasteiger partial charge in [-0.25, -0.2) is 4.57 Å². The minimum atomic E-state index is 0.627. The smallest absolute Gasteiger partial charge is 0.224 e. The molecule has 0 aliphatic heterocycles. The summed E-state index contributed by atoms with van der Waals surface area (Å²) in [5, 5.41) is 6.52. The van der Waals surface area contributed by atoms with Gasteiger partial charge in [0.15, 0.2) is 6.20 Å². The van der Waals surface area contributed by atoms with Gasteiger partial charge in [0.2, 0.25) is 5.52 Å². The van der Waals surface area contributed by atoms with E-state index < -0.39 is 0 Å². The number of fused-ring (bicyclic) bond motifs is 5. The fraction of sp³-hybridized carbons (Fsp3) is 0.231. The van der Waals surface area contributed by atoms with Crippen LogP contribution >= 0.6 is 0 Å². The number of hydrogen-bond donors (Lipinski definition) is 0. The van der Waals surface area contributed by atoms with Gasteiger partial charge in [0, 0.05) is 29.2 Å². The fourth-order valence-electron chi connectivity index (χ4n) is 5.21. The van der Waals surface area contributed by atoms with E-state index in [2.05, 4.69) is 84.4 Å². The van der Waals surface area contributed by atoms with Crippen molar-refractivity contribution in [2.75, 3.05) is 0 Å². The SMILES string of the molecule is Cc1ccc2c3cnccc3n3c4cc(CC(C)C)cc5cc[n+](C)c(c1c23)c54. The molecule has 29 heavy (non-hydrogen) atoms. The molecular weight excluding hydrogens is 354 g/mol. The Hall–Kier alpha value is -3.20. The first-order valence-electron chi connectivity index (χ1n) is 10.4. The standard InChI is InChI=1S/C26H24N3/c1-15(2)11-17-12-18-8-10-28(4)26-23-16(3)5-6-19-20-14-27-9-7-21(20)29(25(19)23)22(13-17)24(18)26/h5-10,12-15H,11H2,1-4H3/q+1. The van der Waals surface area contributed by atoms with E-state index in [-0.39, 0.29) is 0 Å². The topological polar surface area (TPSA) is 21.2 Å². The number of aryl methyl sites for hydroxylation is 2. The van der Waals surface area contributed by atoms with E-state index in [0.717, 1.165) is 6.42 Å². The molecule has 3 heteroatoms. The summed E-state index contributed by atoms with van der Waals surface area (Å²) in [5.41, 5.74) is 7.89. The van der Waals surface area contributed by atoms with Crippen LogP contribution in [-0.2, 0) is 13.5 Å². The summed E-state index contributed by atoms with van der Waals surface area (Å²) in [6, 6.07) is 13.7. The molecule has 3 nitrogen and oxygen atoms in total. The molecule has 0 bridgehead atoms. The van der Waals surface area contributed by atoms with Crippen LogP contribution in [0.25, 0.3) is 49.0 Å². The summed E-state index contributed by atoms with van der Waals surface area (Å²) in [6.45, 7) is 6.81. The van der Waals surface area contributed by atoms with Crippen molar-refractivity contribution in [1.29, 1.82) is 0 Å². The van der Waals surface area contributed by atoms with Gasteiger partial charge in [-0.1, -0.05) is 32.0 Å². The molecule has 0 aliphatic carbocycles. The van der Waals surface area contributed by atoms with Crippen LogP contribution in [0.15, 0.2) is 55.0 Å². The van der Waals surface area contributed by atoms with Crippen LogP contribution in [-0.4, -0.2) is 9.38 Å². The van der Waals surface area contributed by atoms with Crippen LogP contribution in [0.3, 0.4) is 0 Å². The lowest BCUT2D eigenvalue weighted by Gasteiger charge is -2.15. The van der Waals surface area contributed by atoms with Crippen LogP contribution in [0.1, 0.15) is 25.0 Å². The van der Waals surface area contributed by atoms with Gasteiger partial charge < -0.3 is 4.40 Å². The molecule has 6 rings (SSSR count). The van der Waals surface area contributed by atoms with Crippen molar-refractivity contribution >= 4 is 49.0 Å². The van der Waals surface area contributed by atoms with Gasteiger partial charge in [0.25, 0.3) is 0 Å². The highest BCUT2D eigenvalue weighted by atomic mass is 15.0. The Balaban J connectivity index is 2.01. The molecule has 0 saturated carbocycles. The molecule has 142 valence electrons. The summed E-state index contributed by atoms with van der Waals surface area (Å²) < 4.78 is 4.77. The summed E-state index contributed by atoms with van der Waals surface area (Å²) >= 11 is 0. The lowest BCUT2D eigenvalue weighted by atomic mass is 9.96. The third kappa shape index (κ3) is 2.13. The zero-order valence-electron chi connectivity index (χ0n) is 17.3. The lowest BCUT2D eigenvalue weighted by molar-refractivity contribution is -0.643. The summed E-state index contributed by atoms with van der Waals surface area (Å²) in [7, 11) is 2.17. The third-order valence-corrected chi connectivity index (χ3v) is 6.34. The first-order valence-corrected chi connectivity index (χ1v) is 10.4. The van der Waals surface area contributed by atoms with E-state index in [9.17, 15) is 0 Å². The van der Waals surface area contributed by atoms with Crippen LogP contribution in [0.5, 0.6) is 0 Å². The number of rotatable bonds is 2. The maximum Gasteiger partial charge on any atom is 0.224 e. The molecule has 0 radical (unpaired) electrons. The van der Waals surface area contributed by atoms with Gasteiger partial charge in [-0.15, -0.1) is 0 Å². The molecule has 0 unspecified atom stereocenters. The van der Waals surface area contributed by atoms with Crippen LogP contribution in [0, 0.1) is 12.8 Å². The van der Waals surface area contributed by atoms with Crippen molar-refractivity contribution in [3.63, 3.8) is 0 Å². The molecule has 0 spiro atoms. The van der Waals surface area contributed by atoms with E-state index in [0.29, 0.717) is 5.92 Å². The highest BCUT2D eigenvalue weighted by molar-refractivity contribution is 6.25. The molecule has 6 aromatic rings. The first kappa shape index (κ1) is 16.7. The zero-order valence-corrected chi connectivity index (χ0v) is 17.3. The monoisotopic (exact) mass is 378 g/mol. The van der Waals surface area contributed by atoms with E-state index >= 15 is 0 Å². The molecule has 0 aliphatic rings. The van der Waals surface area contributed by atoms with E-state index in [1.54, 1.807) is 0 Å². The third-order valence-electron chi connectivity index (χ3n) is 6.34. The number of hydrogen-bond acceptors (Lipinski definition) is 1. The van der Waals surface area contributed by atoms with Crippen LogP contribution in [0.4, 0.5) is 0 Å². The Labute approximate surface area is 169 Å². The van der Waals surface area contributed by atoms with Crippen molar-refractivity contribution < 1.29 is 4.57 Å². The largest absolute Gasteiger partial charge is 0.307 e. The Kier molecular flexibility index (Phi) is 3.27. The molecule has 0 atom stereocenters. The second kappa shape index (κ2) is 5.66. The Morgan fingerprint density at radius 3 is 2.69 bits per heavy atom. The summed E-state index contributed by atoms with van der Waals surface area (Å²) in [5.74, 6) is 0.627. The number of nitrogens with zero attached hydrogens (tertiary/aromatic N) is 3. The minimum absolute atomic E-state index is 0.627. The Morgan fingerprint density at radius 1 is 1.00 bits per heavy atom. The van der Waals surface area contributed by atoms with Crippen LogP contribution in [0.2, 0.25) is 0 Å². The van der Waals surface area contributed by atoms with Crippen molar-refractivity contribution in [3.8, 4) is 0 Å². The van der Waals surface area contributed by atoms with Crippen molar-refractivity contribution in [3.05, 3.63) is 66.1 Å². The summed E-state index contributed by atoms with van der Waals surface area (Å²) in [4.78, 5) is 4.44. The van der Waals surface area contributed by atoms with Gasteiger partial charge in [-0.05, 0) is 47.9 Å². The van der Waals surface area contributed by atoms with Gasteiger partial charge >= 0.3 is 0 Å². The lowest BCUT2D eigenvalue weighted by Crippen LogP contribution is -2.29. The van der Waals surface area contributed by atoms with Crippen molar-refractivity contribution in [2.24, 2.45) is 13.0 Å². The molecule has 4 heterocycles. The predicted molar refractivity (Wildman–Crippen MR) is 121 cm³/mol. The molecule has 0 fully saturated rings. The quantitative estimate of drug-likeness (QED) is 0.215. The van der Waals surface area contributed by atoms with Crippen LogP contribution < -0.4 is 4.57 Å². The maximum absolute atomic E-state index is 4.44. The van der Waals surface area contributed by atoms with Gasteiger partial charge in [0.1, 0.15) is 7.05 Å². The second-order valence-corrected chi connectivity index (χ2v) is 8.83. The number of pyridine rings is 3. The number of aromatic nitrogens is 3. The molecule has 4 aromatic heterocycles. The summed E-state index contributed by atoms with van der Waals surface area (Å²) in [6.07, 6.45) is 7.22. The van der Waals surface area contributed by atoms with Gasteiger partial charge in [-0.3, -0.25) is 4.98 Å². The maximum atomic E-state index is 4.44. The van der Waals surface area contributed by atoms with Gasteiger partial charge in [0.05, 0.1) is 27.3 Å². The van der Waals surface area contributed by atoms with E-state index in [4.69, 9.17) is 0 Å². The van der Waals surface area contributed by atoms with Crippen molar-refractivity contribution in [1.82, 2.24) is 9.38 Å². The Bertz CT molecular complexity index is 1570. The minimum Gasteiger partial charge on any atom is -0.307 e. The average Bonchev–Trinajstić information content (AvgIpc) is 3.03. The average molecular weight is 378 g/mol. The number of benzene rings is 2. The first-order chi connectivity index (χ1) is 14.0. The fourth-order valence-corrected chi connectivity index (χ4v) is 5.21. The molecule has 0 N–H and O–H groups in total. The highest BCUT2D eigenvalue weighted by Crippen LogP contribution is 2.40. The normalized spacial score (nSPS) is 12.6. The molecule has 0 saturated heterocycles. The second-order valence-electron chi connectivity index (χ2n) is 8.83.